The highest BCUT2D eigenvalue weighted by atomic mass is 28.3. The molecule has 0 aliphatic carbocycles. The van der Waals surface area contributed by atoms with Gasteiger partial charge >= 0.3 is 0 Å². The van der Waals surface area contributed by atoms with Crippen molar-refractivity contribution in [3.63, 3.8) is 0 Å². The number of primary amides is 1. The molecule has 0 heterocycles. The van der Waals surface area contributed by atoms with Crippen molar-refractivity contribution < 1.29 is 9.53 Å². The van der Waals surface area contributed by atoms with Gasteiger partial charge in [0, 0.05) is 11.1 Å². The summed E-state index contributed by atoms with van der Waals surface area (Å²) in [6, 6.07) is 12.0. The van der Waals surface area contributed by atoms with Crippen LogP contribution in [0.15, 0.2) is 36.4 Å². The van der Waals surface area contributed by atoms with Gasteiger partial charge in [0.25, 0.3) is 0 Å². The largest absolute Gasteiger partial charge is 0.496 e. The average Bonchev–Trinajstić information content (AvgIpc) is 2.45. The number of nitrogens with two attached hydrogens (primary N) is 1. The van der Waals surface area contributed by atoms with Crippen molar-refractivity contribution in [2.45, 2.75) is 26.6 Å². The number of carbonyl (C=O) groups excluding carboxylic acids is 1. The van der Waals surface area contributed by atoms with E-state index in [9.17, 15) is 4.79 Å². The summed E-state index contributed by atoms with van der Waals surface area (Å²) < 4.78 is 5.45. The Balaban J connectivity index is 2.76. The molecule has 116 valence electrons. The fourth-order valence-electron chi connectivity index (χ4n) is 2.81. The van der Waals surface area contributed by atoms with Crippen LogP contribution in [0, 0.1) is 6.92 Å². The van der Waals surface area contributed by atoms with E-state index in [2.05, 4.69) is 31.8 Å². The van der Waals surface area contributed by atoms with Gasteiger partial charge in [0.15, 0.2) is 0 Å². The zero-order valence-corrected chi connectivity index (χ0v) is 14.9. The first kappa shape index (κ1) is 16.3. The van der Waals surface area contributed by atoms with E-state index < -0.39 is 8.07 Å². The number of rotatable bonds is 4. The van der Waals surface area contributed by atoms with Crippen LogP contribution < -0.4 is 15.7 Å². The number of hydrogen-bond donors (Lipinski definition) is 1. The van der Waals surface area contributed by atoms with E-state index in [0.717, 1.165) is 27.6 Å². The Bertz CT molecular complexity index is 718. The molecule has 4 heteroatoms. The Morgan fingerprint density at radius 1 is 1.05 bits per heavy atom. The van der Waals surface area contributed by atoms with Crippen LogP contribution >= 0.6 is 0 Å². The van der Waals surface area contributed by atoms with Crippen molar-refractivity contribution >= 4 is 19.2 Å². The molecular formula is C18H23NO2Si. The van der Waals surface area contributed by atoms with Gasteiger partial charge in [-0.15, -0.1) is 0 Å². The minimum atomic E-state index is -1.65. The van der Waals surface area contributed by atoms with E-state index in [1.165, 1.54) is 0 Å². The maximum absolute atomic E-state index is 12.0. The van der Waals surface area contributed by atoms with Crippen molar-refractivity contribution in [3.05, 3.63) is 47.5 Å². The second-order valence-corrected chi connectivity index (χ2v) is 11.5. The minimum Gasteiger partial charge on any atom is -0.496 e. The molecule has 0 radical (unpaired) electrons. The van der Waals surface area contributed by atoms with E-state index in [4.69, 9.17) is 10.5 Å². The lowest BCUT2D eigenvalue weighted by Crippen LogP contribution is -2.43. The Morgan fingerprint density at radius 3 is 2.23 bits per heavy atom. The molecule has 1 amide bonds. The Kier molecular flexibility index (Phi) is 4.42. The molecular weight excluding hydrogens is 290 g/mol. The molecule has 2 N–H and O–H groups in total. The van der Waals surface area contributed by atoms with Gasteiger partial charge in [-0.2, -0.15) is 0 Å². The maximum atomic E-state index is 12.0. The van der Waals surface area contributed by atoms with Gasteiger partial charge in [-0.25, -0.2) is 0 Å². The van der Waals surface area contributed by atoms with Crippen LogP contribution in [0.2, 0.25) is 19.6 Å². The molecule has 3 nitrogen and oxygen atoms in total. The average molecular weight is 313 g/mol. The van der Waals surface area contributed by atoms with E-state index in [-0.39, 0.29) is 5.91 Å². The first-order valence-electron chi connectivity index (χ1n) is 7.34. The molecule has 0 spiro atoms. The monoisotopic (exact) mass is 313 g/mol. The van der Waals surface area contributed by atoms with Crippen LogP contribution in [0.5, 0.6) is 5.75 Å². The van der Waals surface area contributed by atoms with Crippen LogP contribution in [0.25, 0.3) is 11.1 Å². The number of hydrogen-bond acceptors (Lipinski definition) is 2. The molecule has 0 saturated heterocycles. The topological polar surface area (TPSA) is 52.3 Å². The zero-order chi connectivity index (χ0) is 16.5. The highest BCUT2D eigenvalue weighted by Crippen LogP contribution is 2.33. The predicted octanol–water partition coefficient (Wildman–Crippen LogP) is 3.31. The molecule has 0 aliphatic rings. The van der Waals surface area contributed by atoms with Crippen molar-refractivity contribution in [3.8, 4) is 16.9 Å². The van der Waals surface area contributed by atoms with E-state index >= 15 is 0 Å². The number of carbonyl (C=O) groups is 1. The fraction of sp³-hybridized carbons (Fsp3) is 0.278. The van der Waals surface area contributed by atoms with Crippen LogP contribution in [0.3, 0.4) is 0 Å². The van der Waals surface area contributed by atoms with Gasteiger partial charge in [0.1, 0.15) is 5.75 Å². The van der Waals surface area contributed by atoms with Gasteiger partial charge in [-0.3, -0.25) is 4.79 Å². The van der Waals surface area contributed by atoms with Crippen LogP contribution in [0.1, 0.15) is 15.9 Å². The Hall–Kier alpha value is -2.07. The maximum Gasteiger partial charge on any atom is 0.248 e. The first-order valence-corrected chi connectivity index (χ1v) is 10.8. The highest BCUT2D eigenvalue weighted by molar-refractivity contribution is 6.89. The number of para-hydroxylation sites is 1. The predicted molar refractivity (Wildman–Crippen MR) is 94.7 cm³/mol. The second-order valence-electron chi connectivity index (χ2n) is 6.48. The quantitative estimate of drug-likeness (QED) is 0.880. The summed E-state index contributed by atoms with van der Waals surface area (Å²) >= 11 is 0. The van der Waals surface area contributed by atoms with Crippen LogP contribution in [-0.4, -0.2) is 21.1 Å². The lowest BCUT2D eigenvalue weighted by Gasteiger charge is -2.23. The first-order chi connectivity index (χ1) is 10.3. The smallest absolute Gasteiger partial charge is 0.248 e. The number of ether oxygens (including phenoxy) is 1. The lowest BCUT2D eigenvalue weighted by molar-refractivity contribution is 0.100. The van der Waals surface area contributed by atoms with Crippen LogP contribution in [0.4, 0.5) is 0 Å². The van der Waals surface area contributed by atoms with Crippen molar-refractivity contribution in [1.82, 2.24) is 0 Å². The SMILES string of the molecule is COc1ccccc1-c1ccc([Si](C)(C)C)c(C(N)=O)c1C. The third-order valence-corrected chi connectivity index (χ3v) is 5.95. The summed E-state index contributed by atoms with van der Waals surface area (Å²) in [5.74, 6) is 0.438. The summed E-state index contributed by atoms with van der Waals surface area (Å²) in [5.41, 5.74) is 9.25. The molecule has 2 aromatic carbocycles. The molecule has 0 saturated carbocycles. The van der Waals surface area contributed by atoms with Gasteiger partial charge in [-0.1, -0.05) is 50.0 Å². The fourth-order valence-corrected chi connectivity index (χ4v) is 4.46. The van der Waals surface area contributed by atoms with E-state index in [0.29, 0.717) is 5.56 Å². The third-order valence-electron chi connectivity index (χ3n) is 3.92. The molecule has 0 atom stereocenters. The lowest BCUT2D eigenvalue weighted by atomic mass is 9.95. The molecule has 0 aromatic heterocycles. The molecule has 22 heavy (non-hydrogen) atoms. The summed E-state index contributed by atoms with van der Waals surface area (Å²) in [6.45, 7) is 8.62. The Morgan fingerprint density at radius 2 is 1.68 bits per heavy atom. The van der Waals surface area contributed by atoms with E-state index in [1.807, 2.05) is 31.2 Å². The minimum absolute atomic E-state index is 0.355. The summed E-state index contributed by atoms with van der Waals surface area (Å²) in [4.78, 5) is 12.0. The number of benzene rings is 2. The van der Waals surface area contributed by atoms with Crippen molar-refractivity contribution in [2.75, 3.05) is 7.11 Å². The molecule has 0 aliphatic heterocycles. The Labute approximate surface area is 133 Å². The normalized spacial score (nSPS) is 11.3. The van der Waals surface area contributed by atoms with Gasteiger partial charge in [-0.05, 0) is 29.3 Å². The second kappa shape index (κ2) is 5.97. The zero-order valence-electron chi connectivity index (χ0n) is 13.9. The molecule has 0 unspecified atom stereocenters. The molecule has 0 bridgehead atoms. The van der Waals surface area contributed by atoms with Crippen LogP contribution in [-0.2, 0) is 0 Å². The highest BCUT2D eigenvalue weighted by Gasteiger charge is 2.25. The van der Waals surface area contributed by atoms with E-state index in [1.54, 1.807) is 7.11 Å². The third kappa shape index (κ3) is 2.92. The van der Waals surface area contributed by atoms with Gasteiger partial charge in [0.05, 0.1) is 15.2 Å². The molecule has 2 rings (SSSR count). The molecule has 0 fully saturated rings. The van der Waals surface area contributed by atoms with Gasteiger partial charge in [0.2, 0.25) is 5.91 Å². The summed E-state index contributed by atoms with van der Waals surface area (Å²) in [7, 11) is 0.00247. The van der Waals surface area contributed by atoms with Gasteiger partial charge < -0.3 is 10.5 Å². The van der Waals surface area contributed by atoms with Crippen molar-refractivity contribution in [2.24, 2.45) is 5.73 Å². The van der Waals surface area contributed by atoms with Crippen molar-refractivity contribution in [1.29, 1.82) is 0 Å². The number of amides is 1. The summed E-state index contributed by atoms with van der Waals surface area (Å²) in [5, 5.41) is 1.11. The standard InChI is InChI=1S/C18H23NO2Si/c1-12-13(14-8-6-7-9-15(14)21-2)10-11-16(22(3,4)5)17(12)18(19)20/h6-11H,1-5H3,(H2,19,20). The molecule has 2 aromatic rings. The summed E-state index contributed by atoms with van der Waals surface area (Å²) in [6.07, 6.45) is 0. The number of methoxy groups -OCH3 is 1.